The van der Waals surface area contributed by atoms with Gasteiger partial charge in [0.15, 0.2) is 0 Å². The standard InChI is InChI=1S/C17H18BrN3/c1-12(20)17(15-5-3-4-6-16(15)18)21(2)14-9-7-13(11-19)8-10-14/h3-10,12,17H,20H2,1-2H3. The molecule has 0 spiro atoms. The summed E-state index contributed by atoms with van der Waals surface area (Å²) < 4.78 is 1.05. The largest absolute Gasteiger partial charge is 0.366 e. The van der Waals surface area contributed by atoms with Crippen molar-refractivity contribution >= 4 is 21.6 Å². The Hall–Kier alpha value is -1.83. The number of hydrogen-bond donors (Lipinski definition) is 1. The van der Waals surface area contributed by atoms with Crippen LogP contribution in [0.1, 0.15) is 24.1 Å². The van der Waals surface area contributed by atoms with Crippen LogP contribution < -0.4 is 10.6 Å². The van der Waals surface area contributed by atoms with Gasteiger partial charge in [0.2, 0.25) is 0 Å². The number of halogens is 1. The quantitative estimate of drug-likeness (QED) is 0.917. The fourth-order valence-electron chi connectivity index (χ4n) is 2.49. The molecule has 0 bridgehead atoms. The number of nitrogens with two attached hydrogens (primary N) is 1. The average molecular weight is 344 g/mol. The zero-order valence-corrected chi connectivity index (χ0v) is 13.7. The average Bonchev–Trinajstić information content (AvgIpc) is 2.49. The molecule has 0 aromatic heterocycles. The maximum absolute atomic E-state index is 8.89. The van der Waals surface area contributed by atoms with Crippen molar-refractivity contribution in [3.8, 4) is 6.07 Å². The number of nitriles is 1. The van der Waals surface area contributed by atoms with Crippen molar-refractivity contribution < 1.29 is 0 Å². The summed E-state index contributed by atoms with van der Waals surface area (Å²) in [6.45, 7) is 2.00. The van der Waals surface area contributed by atoms with Gasteiger partial charge in [-0.15, -0.1) is 0 Å². The molecule has 2 aromatic rings. The van der Waals surface area contributed by atoms with Crippen molar-refractivity contribution in [3.63, 3.8) is 0 Å². The van der Waals surface area contributed by atoms with E-state index in [4.69, 9.17) is 11.0 Å². The van der Waals surface area contributed by atoms with Crippen LogP contribution in [0.5, 0.6) is 0 Å². The Bertz CT molecular complexity index is 644. The third-order valence-corrected chi connectivity index (χ3v) is 4.26. The first kappa shape index (κ1) is 15.6. The van der Waals surface area contributed by atoms with Crippen LogP contribution in [-0.4, -0.2) is 13.1 Å². The summed E-state index contributed by atoms with van der Waals surface area (Å²) in [6, 6.07) is 17.8. The molecule has 3 nitrogen and oxygen atoms in total. The maximum atomic E-state index is 8.89. The van der Waals surface area contributed by atoms with Gasteiger partial charge in [0.25, 0.3) is 0 Å². The van der Waals surface area contributed by atoms with Crippen LogP contribution in [0.15, 0.2) is 53.0 Å². The van der Waals surface area contributed by atoms with E-state index in [9.17, 15) is 0 Å². The van der Waals surface area contributed by atoms with E-state index < -0.39 is 0 Å². The molecule has 0 saturated heterocycles. The molecule has 0 heterocycles. The lowest BCUT2D eigenvalue weighted by Crippen LogP contribution is -2.37. The summed E-state index contributed by atoms with van der Waals surface area (Å²) in [5, 5.41) is 8.89. The Labute approximate surface area is 134 Å². The molecule has 0 fully saturated rings. The third kappa shape index (κ3) is 3.44. The summed E-state index contributed by atoms with van der Waals surface area (Å²) >= 11 is 3.60. The number of likely N-dealkylation sites (N-methyl/N-ethyl adjacent to an activating group) is 1. The summed E-state index contributed by atoms with van der Waals surface area (Å²) in [4.78, 5) is 2.14. The van der Waals surface area contributed by atoms with Crippen molar-refractivity contribution in [1.29, 1.82) is 5.26 Å². The van der Waals surface area contributed by atoms with Gasteiger partial charge in [-0.1, -0.05) is 34.1 Å². The van der Waals surface area contributed by atoms with E-state index in [2.05, 4.69) is 33.0 Å². The molecule has 0 aliphatic rings. The molecule has 0 aliphatic carbocycles. The van der Waals surface area contributed by atoms with Gasteiger partial charge in [0, 0.05) is 23.2 Å². The minimum absolute atomic E-state index is 0.0376. The molecule has 2 unspecified atom stereocenters. The van der Waals surface area contributed by atoms with Crippen molar-refractivity contribution in [1.82, 2.24) is 0 Å². The second kappa shape index (κ2) is 6.75. The minimum atomic E-state index is -0.0376. The first-order valence-electron chi connectivity index (χ1n) is 6.77. The van der Waals surface area contributed by atoms with Gasteiger partial charge < -0.3 is 10.6 Å². The monoisotopic (exact) mass is 343 g/mol. The Morgan fingerprint density at radius 3 is 2.29 bits per heavy atom. The van der Waals surface area contributed by atoms with E-state index in [1.54, 1.807) is 0 Å². The second-order valence-corrected chi connectivity index (χ2v) is 5.95. The number of hydrogen-bond acceptors (Lipinski definition) is 3. The molecule has 2 rings (SSSR count). The summed E-state index contributed by atoms with van der Waals surface area (Å²) in [5.74, 6) is 0. The molecule has 0 radical (unpaired) electrons. The van der Waals surface area contributed by atoms with E-state index in [1.807, 2.05) is 56.4 Å². The van der Waals surface area contributed by atoms with Gasteiger partial charge in [-0.25, -0.2) is 0 Å². The SMILES string of the molecule is CC(N)C(c1ccccc1Br)N(C)c1ccc(C#N)cc1. The highest BCUT2D eigenvalue weighted by molar-refractivity contribution is 9.10. The van der Waals surface area contributed by atoms with Gasteiger partial charge in [-0.3, -0.25) is 0 Å². The fourth-order valence-corrected chi connectivity index (χ4v) is 3.01. The number of nitrogens with zero attached hydrogens (tertiary/aromatic N) is 2. The molecular formula is C17H18BrN3. The Morgan fingerprint density at radius 1 is 1.14 bits per heavy atom. The van der Waals surface area contributed by atoms with Gasteiger partial charge in [-0.05, 0) is 42.8 Å². The van der Waals surface area contributed by atoms with Crippen LogP contribution in [0.4, 0.5) is 5.69 Å². The lowest BCUT2D eigenvalue weighted by molar-refractivity contribution is 0.557. The van der Waals surface area contributed by atoms with Crippen LogP contribution in [0.3, 0.4) is 0 Å². The van der Waals surface area contributed by atoms with E-state index in [0.29, 0.717) is 5.56 Å². The topological polar surface area (TPSA) is 53.0 Å². The molecule has 2 N–H and O–H groups in total. The second-order valence-electron chi connectivity index (χ2n) is 5.10. The number of rotatable bonds is 4. The Morgan fingerprint density at radius 2 is 1.76 bits per heavy atom. The maximum Gasteiger partial charge on any atom is 0.0991 e. The molecule has 21 heavy (non-hydrogen) atoms. The van der Waals surface area contributed by atoms with Crippen molar-refractivity contribution in [2.75, 3.05) is 11.9 Å². The molecule has 108 valence electrons. The van der Waals surface area contributed by atoms with Gasteiger partial charge in [-0.2, -0.15) is 5.26 Å². The highest BCUT2D eigenvalue weighted by Gasteiger charge is 2.23. The first-order chi connectivity index (χ1) is 10.0. The fraction of sp³-hybridized carbons (Fsp3) is 0.235. The van der Waals surface area contributed by atoms with Crippen LogP contribution in [-0.2, 0) is 0 Å². The zero-order valence-electron chi connectivity index (χ0n) is 12.1. The van der Waals surface area contributed by atoms with Crippen molar-refractivity contribution in [3.05, 3.63) is 64.1 Å². The minimum Gasteiger partial charge on any atom is -0.366 e. The van der Waals surface area contributed by atoms with E-state index in [1.165, 1.54) is 0 Å². The van der Waals surface area contributed by atoms with Crippen LogP contribution in [0.25, 0.3) is 0 Å². The Kier molecular flexibility index (Phi) is 5.00. The molecule has 0 amide bonds. The van der Waals surface area contributed by atoms with Crippen molar-refractivity contribution in [2.24, 2.45) is 5.73 Å². The predicted molar refractivity (Wildman–Crippen MR) is 90.1 cm³/mol. The van der Waals surface area contributed by atoms with Gasteiger partial charge >= 0.3 is 0 Å². The lowest BCUT2D eigenvalue weighted by Gasteiger charge is -2.34. The summed E-state index contributed by atoms with van der Waals surface area (Å²) in [6.07, 6.45) is 0. The molecule has 0 aliphatic heterocycles. The van der Waals surface area contributed by atoms with E-state index >= 15 is 0 Å². The molecule has 2 aromatic carbocycles. The van der Waals surface area contributed by atoms with E-state index in [0.717, 1.165) is 15.7 Å². The smallest absolute Gasteiger partial charge is 0.0991 e. The van der Waals surface area contributed by atoms with Crippen molar-refractivity contribution in [2.45, 2.75) is 19.0 Å². The number of benzene rings is 2. The molecule has 2 atom stereocenters. The normalized spacial score (nSPS) is 13.3. The molecule has 4 heteroatoms. The van der Waals surface area contributed by atoms with Gasteiger partial charge in [0.05, 0.1) is 17.7 Å². The van der Waals surface area contributed by atoms with Crippen LogP contribution in [0, 0.1) is 11.3 Å². The van der Waals surface area contributed by atoms with E-state index in [-0.39, 0.29) is 12.1 Å². The van der Waals surface area contributed by atoms with Crippen LogP contribution in [0.2, 0.25) is 0 Å². The summed E-state index contributed by atoms with van der Waals surface area (Å²) in [5.41, 5.74) is 9.06. The highest BCUT2D eigenvalue weighted by atomic mass is 79.9. The first-order valence-corrected chi connectivity index (χ1v) is 7.57. The third-order valence-electron chi connectivity index (χ3n) is 3.54. The molecular weight excluding hydrogens is 326 g/mol. The number of anilines is 1. The lowest BCUT2D eigenvalue weighted by atomic mass is 9.99. The highest BCUT2D eigenvalue weighted by Crippen LogP contribution is 2.32. The Balaban J connectivity index is 2.38. The summed E-state index contributed by atoms with van der Waals surface area (Å²) in [7, 11) is 2.02. The zero-order chi connectivity index (χ0) is 15.4. The van der Waals surface area contributed by atoms with Crippen LogP contribution >= 0.6 is 15.9 Å². The molecule has 0 saturated carbocycles. The predicted octanol–water partition coefficient (Wildman–Crippen LogP) is 3.85. The van der Waals surface area contributed by atoms with Gasteiger partial charge in [0.1, 0.15) is 0 Å².